The van der Waals surface area contributed by atoms with Gasteiger partial charge < -0.3 is 9.31 Å². The second-order valence-corrected chi connectivity index (χ2v) is 9.92. The smallest absolute Gasteiger partial charge is 0.398 e. The van der Waals surface area contributed by atoms with E-state index >= 15 is 0 Å². The number of halogens is 1. The van der Waals surface area contributed by atoms with Crippen LogP contribution in [0.15, 0.2) is 11.9 Å². The molecule has 4 rings (SSSR count). The molecule has 6 nitrogen and oxygen atoms in total. The van der Waals surface area contributed by atoms with Gasteiger partial charge >= 0.3 is 7.12 Å². The van der Waals surface area contributed by atoms with Gasteiger partial charge in [0.25, 0.3) is 0 Å². The van der Waals surface area contributed by atoms with Crippen molar-refractivity contribution in [3.8, 4) is 0 Å². The Kier molecular flexibility index (Phi) is 5.16. The highest BCUT2D eigenvalue weighted by atomic mass is 32.2. The number of hydrogen-bond acceptors (Lipinski definition) is 6. The first-order valence-corrected chi connectivity index (χ1v) is 10.9. The van der Waals surface area contributed by atoms with Gasteiger partial charge in [-0.3, -0.25) is 4.90 Å². The predicted octanol–water partition coefficient (Wildman–Crippen LogP) is 2.97. The Balaban J connectivity index is 1.35. The van der Waals surface area contributed by atoms with E-state index < -0.39 is 24.0 Å². The van der Waals surface area contributed by atoms with Gasteiger partial charge in [-0.15, -0.1) is 5.10 Å². The third-order valence-electron chi connectivity index (χ3n) is 6.26. The van der Waals surface area contributed by atoms with Crippen molar-refractivity contribution in [1.29, 1.82) is 0 Å². The van der Waals surface area contributed by atoms with Gasteiger partial charge in [-0.1, -0.05) is 5.21 Å². The number of nitrogens with zero attached hydrogens (tertiary/aromatic N) is 4. The summed E-state index contributed by atoms with van der Waals surface area (Å²) in [6.45, 7) is 9.63. The van der Waals surface area contributed by atoms with Crippen LogP contribution in [0.3, 0.4) is 0 Å². The zero-order valence-electron chi connectivity index (χ0n) is 16.5. The molecule has 1 aromatic heterocycles. The zero-order chi connectivity index (χ0) is 19.2. The highest BCUT2D eigenvalue weighted by molar-refractivity contribution is 7.99. The van der Waals surface area contributed by atoms with E-state index in [1.54, 1.807) is 0 Å². The summed E-state index contributed by atoms with van der Waals surface area (Å²) < 4.78 is 27.9. The van der Waals surface area contributed by atoms with Gasteiger partial charge in [0, 0.05) is 19.1 Å². The van der Waals surface area contributed by atoms with E-state index in [1.807, 2.05) is 38.6 Å². The van der Waals surface area contributed by atoms with Crippen molar-refractivity contribution in [3.63, 3.8) is 0 Å². The van der Waals surface area contributed by atoms with E-state index in [0.29, 0.717) is 17.8 Å². The van der Waals surface area contributed by atoms with Crippen LogP contribution in [0.5, 0.6) is 0 Å². The molecule has 0 aromatic carbocycles. The number of hydrogen-bond donors (Lipinski definition) is 0. The Morgan fingerprint density at radius 3 is 2.44 bits per heavy atom. The van der Waals surface area contributed by atoms with E-state index in [1.165, 1.54) is 30.4 Å². The minimum Gasteiger partial charge on any atom is -0.398 e. The van der Waals surface area contributed by atoms with Crippen LogP contribution < -0.4 is 0 Å². The summed E-state index contributed by atoms with van der Waals surface area (Å²) in [6, 6.07) is 1.04. The number of thioether (sulfide) groups is 1. The van der Waals surface area contributed by atoms with E-state index in [0.717, 1.165) is 13.1 Å². The molecule has 4 heterocycles. The summed E-state index contributed by atoms with van der Waals surface area (Å²) in [5.74, 6) is 2.53. The van der Waals surface area contributed by atoms with Crippen molar-refractivity contribution in [2.45, 2.75) is 63.8 Å². The van der Waals surface area contributed by atoms with Crippen molar-refractivity contribution < 1.29 is 13.7 Å². The van der Waals surface area contributed by atoms with E-state index in [9.17, 15) is 4.39 Å². The van der Waals surface area contributed by atoms with Crippen LogP contribution in [0, 0.1) is 0 Å². The van der Waals surface area contributed by atoms with Gasteiger partial charge in [0.05, 0.1) is 23.4 Å². The largest absolute Gasteiger partial charge is 0.525 e. The maximum atomic E-state index is 14.6. The fourth-order valence-electron chi connectivity index (χ4n) is 3.70. The summed E-state index contributed by atoms with van der Waals surface area (Å²) in [4.78, 5) is 2.53. The lowest BCUT2D eigenvalue weighted by Crippen LogP contribution is -2.53. The Labute approximate surface area is 165 Å². The molecule has 3 aliphatic rings. The number of likely N-dealkylation sites (tertiary alicyclic amines) is 1. The molecule has 1 aromatic rings. The third kappa shape index (κ3) is 3.84. The Morgan fingerprint density at radius 1 is 1.19 bits per heavy atom. The molecule has 0 atom stereocenters. The third-order valence-corrected chi connectivity index (χ3v) is 7.31. The van der Waals surface area contributed by atoms with Gasteiger partial charge in [-0.25, -0.2) is 9.07 Å². The molecule has 3 saturated heterocycles. The first-order valence-electron chi connectivity index (χ1n) is 9.71. The van der Waals surface area contributed by atoms with Gasteiger partial charge in [-0.2, -0.15) is 11.8 Å². The lowest BCUT2D eigenvalue weighted by Gasteiger charge is -2.45. The minimum atomic E-state index is -0.997. The maximum Gasteiger partial charge on any atom is 0.525 e. The van der Waals surface area contributed by atoms with Crippen molar-refractivity contribution in [1.82, 2.24) is 19.9 Å². The van der Waals surface area contributed by atoms with E-state index in [4.69, 9.17) is 9.31 Å². The normalized spacial score (nSPS) is 27.1. The molecule has 0 radical (unpaired) electrons. The molecule has 0 amide bonds. The predicted molar refractivity (Wildman–Crippen MR) is 106 cm³/mol. The monoisotopic (exact) mass is 394 g/mol. The fraction of sp³-hybridized carbons (Fsp3) is 0.778. The first kappa shape index (κ1) is 19.4. The van der Waals surface area contributed by atoms with Crippen LogP contribution in [0.25, 0.3) is 6.08 Å². The van der Waals surface area contributed by atoms with Crippen molar-refractivity contribution >= 4 is 25.0 Å². The molecule has 0 saturated carbocycles. The van der Waals surface area contributed by atoms with Gasteiger partial charge in [0.2, 0.25) is 0 Å². The summed E-state index contributed by atoms with van der Waals surface area (Å²) in [7, 11) is -0.997. The highest BCUT2D eigenvalue weighted by Gasteiger charge is 2.53. The Bertz CT molecular complexity index is 698. The van der Waals surface area contributed by atoms with Crippen LogP contribution in [0.4, 0.5) is 4.39 Å². The summed E-state index contributed by atoms with van der Waals surface area (Å²) in [5, 5.41) is 8.30. The topological polar surface area (TPSA) is 52.4 Å². The molecule has 0 unspecified atom stereocenters. The average Bonchev–Trinajstić information content (AvgIpc) is 3.09. The zero-order valence-corrected chi connectivity index (χ0v) is 17.3. The lowest BCUT2D eigenvalue weighted by atomic mass is 9.87. The summed E-state index contributed by atoms with van der Waals surface area (Å²) in [5.41, 5.74) is -1.11. The number of rotatable bonds is 4. The maximum absolute atomic E-state index is 14.6. The molecule has 3 fully saturated rings. The standard InChI is InChI=1S/C18H28BFN4O2S/c1-17(2)18(3,4)26-19(25-17)16(20)9-13-10-24(22-21-13)15-11-23(12-15)14-5-7-27-8-6-14/h9-10,14-15H,5-8,11-12H2,1-4H3. The molecule has 0 N–H and O–H groups in total. The molecule has 9 heteroatoms. The summed E-state index contributed by atoms with van der Waals surface area (Å²) >= 11 is 2.05. The van der Waals surface area contributed by atoms with Crippen LogP contribution in [0.1, 0.15) is 52.3 Å². The van der Waals surface area contributed by atoms with Crippen molar-refractivity contribution in [2.24, 2.45) is 0 Å². The second-order valence-electron chi connectivity index (χ2n) is 8.69. The Hall–Kier alpha value is -0.895. The first-order chi connectivity index (χ1) is 12.7. The van der Waals surface area contributed by atoms with E-state index in [-0.39, 0.29) is 0 Å². The molecule has 0 bridgehead atoms. The van der Waals surface area contributed by atoms with Gasteiger partial charge in [0.1, 0.15) is 11.4 Å². The highest BCUT2D eigenvalue weighted by Crippen LogP contribution is 2.39. The van der Waals surface area contributed by atoms with E-state index in [2.05, 4.69) is 27.0 Å². The van der Waals surface area contributed by atoms with Crippen LogP contribution in [0.2, 0.25) is 0 Å². The lowest BCUT2D eigenvalue weighted by molar-refractivity contribution is 0.00578. The van der Waals surface area contributed by atoms with Crippen molar-refractivity contribution in [3.05, 3.63) is 17.6 Å². The molecule has 3 aliphatic heterocycles. The van der Waals surface area contributed by atoms with Crippen LogP contribution >= 0.6 is 11.8 Å². The van der Waals surface area contributed by atoms with Gasteiger partial charge in [-0.05, 0) is 58.1 Å². The minimum absolute atomic E-state index is 0.328. The number of aromatic nitrogens is 3. The SMILES string of the molecule is CC1(C)OB(C(F)=Cc2cn(C3CN(C4CCSCC4)C3)nn2)OC1(C)C. The summed E-state index contributed by atoms with van der Waals surface area (Å²) in [6.07, 6.45) is 5.73. The fourth-order valence-corrected chi connectivity index (χ4v) is 4.79. The van der Waals surface area contributed by atoms with Gasteiger partial charge in [0.15, 0.2) is 0 Å². The van der Waals surface area contributed by atoms with Crippen LogP contribution in [-0.2, 0) is 9.31 Å². The Morgan fingerprint density at radius 2 is 1.81 bits per heavy atom. The average molecular weight is 394 g/mol. The molecular weight excluding hydrogens is 366 g/mol. The molecule has 0 aliphatic carbocycles. The molecule has 0 spiro atoms. The molecular formula is C18H28BFN4O2S. The van der Waals surface area contributed by atoms with Crippen molar-refractivity contribution in [2.75, 3.05) is 24.6 Å². The second kappa shape index (κ2) is 7.17. The molecule has 148 valence electrons. The van der Waals surface area contributed by atoms with Crippen LogP contribution in [-0.4, -0.2) is 68.9 Å². The quantitative estimate of drug-likeness (QED) is 0.732. The molecule has 27 heavy (non-hydrogen) atoms.